The SMILES string of the molecule is CC(F)/C(=C(/c1ccc(/C=C/C(=O)O)cc1)c1ccc2[nH]ncc2c1)c1ccccc1. The highest BCUT2D eigenvalue weighted by Gasteiger charge is 2.19. The third-order valence-corrected chi connectivity index (χ3v) is 5.10. The standard InChI is InChI=1S/C26H21FN2O2/c1-17(27)25(19-5-3-2-4-6-19)26(21-12-13-23-22(15-21)16-28-29-23)20-10-7-18(8-11-20)9-14-24(30)31/h2-17H,1H3,(H,28,29)(H,30,31)/b14-9+,26-25+. The Morgan fingerprint density at radius 2 is 1.71 bits per heavy atom. The van der Waals surface area contributed by atoms with E-state index < -0.39 is 12.1 Å². The van der Waals surface area contributed by atoms with E-state index in [9.17, 15) is 4.79 Å². The van der Waals surface area contributed by atoms with E-state index in [0.29, 0.717) is 5.57 Å². The van der Waals surface area contributed by atoms with E-state index >= 15 is 4.39 Å². The Labute approximate surface area is 179 Å². The summed E-state index contributed by atoms with van der Waals surface area (Å²) in [5, 5.41) is 16.8. The number of H-pyrrole nitrogens is 1. The van der Waals surface area contributed by atoms with E-state index in [1.807, 2.05) is 72.8 Å². The molecule has 1 heterocycles. The van der Waals surface area contributed by atoms with Crippen LogP contribution in [0.2, 0.25) is 0 Å². The fourth-order valence-corrected chi connectivity index (χ4v) is 3.69. The molecular weight excluding hydrogens is 391 g/mol. The van der Waals surface area contributed by atoms with Crippen molar-refractivity contribution >= 4 is 34.1 Å². The fourth-order valence-electron chi connectivity index (χ4n) is 3.69. The molecule has 1 atom stereocenters. The first-order valence-electron chi connectivity index (χ1n) is 9.91. The number of carboxylic acid groups (broad SMARTS) is 1. The van der Waals surface area contributed by atoms with Gasteiger partial charge in [0, 0.05) is 17.0 Å². The molecule has 0 saturated carbocycles. The lowest BCUT2D eigenvalue weighted by Crippen LogP contribution is -2.04. The number of alkyl halides is 1. The van der Waals surface area contributed by atoms with Crippen LogP contribution in [0.5, 0.6) is 0 Å². The van der Waals surface area contributed by atoms with E-state index in [1.165, 1.54) is 6.08 Å². The zero-order chi connectivity index (χ0) is 21.8. The summed E-state index contributed by atoms with van der Waals surface area (Å²) in [6, 6.07) is 22.9. The first-order chi connectivity index (χ1) is 15.0. The third-order valence-electron chi connectivity index (χ3n) is 5.10. The average Bonchev–Trinajstić information content (AvgIpc) is 3.24. The minimum atomic E-state index is -1.20. The number of fused-ring (bicyclic) bond motifs is 1. The van der Waals surface area contributed by atoms with Crippen LogP contribution in [0, 0.1) is 0 Å². The molecule has 0 bridgehead atoms. The number of nitrogens with zero attached hydrogens (tertiary/aromatic N) is 1. The Hall–Kier alpha value is -3.99. The van der Waals surface area contributed by atoms with Crippen molar-refractivity contribution in [2.45, 2.75) is 13.1 Å². The predicted molar refractivity (Wildman–Crippen MR) is 122 cm³/mol. The Balaban J connectivity index is 1.93. The van der Waals surface area contributed by atoms with Gasteiger partial charge in [0.1, 0.15) is 6.17 Å². The number of halogens is 1. The van der Waals surface area contributed by atoms with Crippen molar-refractivity contribution < 1.29 is 14.3 Å². The smallest absolute Gasteiger partial charge is 0.328 e. The molecule has 0 radical (unpaired) electrons. The average molecular weight is 412 g/mol. The molecule has 4 nitrogen and oxygen atoms in total. The van der Waals surface area contributed by atoms with Crippen LogP contribution in [0.4, 0.5) is 4.39 Å². The van der Waals surface area contributed by atoms with E-state index in [4.69, 9.17) is 5.11 Å². The number of nitrogens with one attached hydrogen (secondary N) is 1. The van der Waals surface area contributed by atoms with E-state index in [1.54, 1.807) is 13.1 Å². The molecular formula is C26H21FN2O2. The number of aliphatic carboxylic acids is 1. The summed E-state index contributed by atoms with van der Waals surface area (Å²) in [6.45, 7) is 1.54. The monoisotopic (exact) mass is 412 g/mol. The van der Waals surface area contributed by atoms with Gasteiger partial charge in [-0.1, -0.05) is 60.7 Å². The number of allylic oxidation sites excluding steroid dienone is 1. The second-order valence-corrected chi connectivity index (χ2v) is 7.24. The lowest BCUT2D eigenvalue weighted by atomic mass is 9.87. The Kier molecular flexibility index (Phi) is 5.76. The first kappa shape index (κ1) is 20.3. The maximum atomic E-state index is 15.1. The van der Waals surface area contributed by atoms with Crippen LogP contribution in [0.1, 0.15) is 29.2 Å². The third kappa shape index (κ3) is 4.46. The van der Waals surface area contributed by atoms with Gasteiger partial charge in [0.15, 0.2) is 0 Å². The molecule has 4 rings (SSSR count). The van der Waals surface area contributed by atoms with Gasteiger partial charge < -0.3 is 5.11 Å². The molecule has 0 spiro atoms. The van der Waals surface area contributed by atoms with Crippen molar-refractivity contribution in [1.82, 2.24) is 10.2 Å². The van der Waals surface area contributed by atoms with Crippen molar-refractivity contribution in [2.75, 3.05) is 0 Å². The van der Waals surface area contributed by atoms with Crippen LogP contribution >= 0.6 is 0 Å². The first-order valence-corrected chi connectivity index (χ1v) is 9.91. The molecule has 31 heavy (non-hydrogen) atoms. The highest BCUT2D eigenvalue weighted by molar-refractivity contribution is 6.01. The van der Waals surface area contributed by atoms with Crippen molar-refractivity contribution in [3.63, 3.8) is 0 Å². The van der Waals surface area contributed by atoms with Gasteiger partial charge in [-0.25, -0.2) is 9.18 Å². The van der Waals surface area contributed by atoms with Gasteiger partial charge >= 0.3 is 5.97 Å². The molecule has 154 valence electrons. The molecule has 5 heteroatoms. The van der Waals surface area contributed by atoms with Gasteiger partial charge in [0.25, 0.3) is 0 Å². The number of hydrogen-bond acceptors (Lipinski definition) is 2. The number of aromatic nitrogens is 2. The number of carboxylic acids is 1. The number of rotatable bonds is 6. The summed E-state index contributed by atoms with van der Waals surface area (Å²) in [5.41, 5.74) is 5.59. The van der Waals surface area contributed by atoms with Crippen LogP contribution in [-0.4, -0.2) is 27.4 Å². The second kappa shape index (κ2) is 8.79. The molecule has 0 amide bonds. The van der Waals surface area contributed by atoms with Crippen molar-refractivity contribution in [1.29, 1.82) is 0 Å². The molecule has 0 saturated heterocycles. The lowest BCUT2D eigenvalue weighted by molar-refractivity contribution is -0.131. The molecule has 1 aromatic heterocycles. The Morgan fingerprint density at radius 1 is 1.00 bits per heavy atom. The molecule has 0 aliphatic rings. The molecule has 0 aliphatic carbocycles. The largest absolute Gasteiger partial charge is 0.478 e. The number of benzene rings is 3. The molecule has 4 aromatic rings. The quantitative estimate of drug-likeness (QED) is 0.302. The van der Waals surface area contributed by atoms with Crippen LogP contribution in [-0.2, 0) is 4.79 Å². The number of carbonyl (C=O) groups is 1. The van der Waals surface area contributed by atoms with Gasteiger partial charge in [-0.05, 0) is 53.0 Å². The van der Waals surface area contributed by atoms with Gasteiger partial charge in [-0.2, -0.15) is 5.10 Å². The maximum absolute atomic E-state index is 15.1. The van der Waals surface area contributed by atoms with E-state index in [-0.39, 0.29) is 0 Å². The van der Waals surface area contributed by atoms with E-state index in [0.717, 1.165) is 44.8 Å². The summed E-state index contributed by atoms with van der Waals surface area (Å²) in [6.07, 6.45) is 3.17. The van der Waals surface area contributed by atoms with Gasteiger partial charge in [0.2, 0.25) is 0 Å². The summed E-state index contributed by atoms with van der Waals surface area (Å²) in [4.78, 5) is 10.8. The van der Waals surface area contributed by atoms with E-state index in [2.05, 4.69) is 10.2 Å². The van der Waals surface area contributed by atoms with Crippen molar-refractivity contribution in [2.24, 2.45) is 0 Å². The minimum absolute atomic E-state index is 0.595. The summed E-state index contributed by atoms with van der Waals surface area (Å²) < 4.78 is 15.1. The minimum Gasteiger partial charge on any atom is -0.478 e. The summed E-state index contributed by atoms with van der Waals surface area (Å²) >= 11 is 0. The molecule has 2 N–H and O–H groups in total. The normalized spacial score (nSPS) is 13.4. The van der Waals surface area contributed by atoms with Crippen molar-refractivity contribution in [3.8, 4) is 0 Å². The number of aromatic amines is 1. The van der Waals surface area contributed by atoms with Gasteiger partial charge in [-0.15, -0.1) is 0 Å². The maximum Gasteiger partial charge on any atom is 0.328 e. The zero-order valence-electron chi connectivity index (χ0n) is 16.9. The molecule has 0 fully saturated rings. The summed E-state index contributed by atoms with van der Waals surface area (Å²) in [5.74, 6) is -1.00. The highest BCUT2D eigenvalue weighted by Crippen LogP contribution is 2.36. The topological polar surface area (TPSA) is 66.0 Å². The number of hydrogen-bond donors (Lipinski definition) is 2. The Bertz CT molecular complexity index is 1270. The van der Waals surface area contributed by atoms with Crippen LogP contribution in [0.3, 0.4) is 0 Å². The molecule has 1 unspecified atom stereocenters. The van der Waals surface area contributed by atoms with Gasteiger partial charge in [-0.3, -0.25) is 5.10 Å². The van der Waals surface area contributed by atoms with Crippen LogP contribution in [0.15, 0.2) is 85.1 Å². The van der Waals surface area contributed by atoms with Crippen molar-refractivity contribution in [3.05, 3.63) is 107 Å². The van der Waals surface area contributed by atoms with Crippen LogP contribution < -0.4 is 0 Å². The zero-order valence-corrected chi connectivity index (χ0v) is 16.9. The molecule has 3 aromatic carbocycles. The molecule has 0 aliphatic heterocycles. The summed E-state index contributed by atoms with van der Waals surface area (Å²) in [7, 11) is 0. The lowest BCUT2D eigenvalue weighted by Gasteiger charge is -2.19. The Morgan fingerprint density at radius 3 is 2.39 bits per heavy atom. The predicted octanol–water partition coefficient (Wildman–Crippen LogP) is 5.98. The fraction of sp³-hybridized carbons (Fsp3) is 0.0769. The second-order valence-electron chi connectivity index (χ2n) is 7.24. The van der Waals surface area contributed by atoms with Gasteiger partial charge in [0.05, 0.1) is 11.7 Å². The highest BCUT2D eigenvalue weighted by atomic mass is 19.1. The van der Waals surface area contributed by atoms with Crippen LogP contribution in [0.25, 0.3) is 28.1 Å².